The lowest BCUT2D eigenvalue weighted by Crippen LogP contribution is -2.60. The van der Waals surface area contributed by atoms with Crippen LogP contribution in [0, 0.1) is 0 Å². The van der Waals surface area contributed by atoms with Crippen molar-refractivity contribution in [2.45, 2.75) is 274 Å². The molecule has 1 fully saturated rings. The van der Waals surface area contributed by atoms with E-state index >= 15 is 0 Å². The molecule has 8 N–H and O–H groups in total. The molecule has 1 aliphatic rings. The summed E-state index contributed by atoms with van der Waals surface area (Å²) in [6.45, 7) is 3.42. The second-order valence-electron chi connectivity index (χ2n) is 17.2. The van der Waals surface area contributed by atoms with Crippen LogP contribution in [0.5, 0.6) is 0 Å². The van der Waals surface area contributed by atoms with Gasteiger partial charge >= 0.3 is 0 Å². The van der Waals surface area contributed by atoms with E-state index in [0.717, 1.165) is 38.5 Å². The zero-order valence-corrected chi connectivity index (χ0v) is 36.6. The second-order valence-corrected chi connectivity index (χ2v) is 17.2. The minimum absolute atomic E-state index is 0.264. The first kappa shape index (κ1) is 54.1. The molecule has 340 valence electrons. The van der Waals surface area contributed by atoms with E-state index in [9.17, 15) is 40.5 Å². The summed E-state index contributed by atoms with van der Waals surface area (Å²) in [5.74, 6) is -0.697. The number of aliphatic hydroxyl groups excluding tert-OH is 7. The largest absolute Gasteiger partial charge is 0.394 e. The van der Waals surface area contributed by atoms with Crippen molar-refractivity contribution in [2.24, 2.45) is 0 Å². The van der Waals surface area contributed by atoms with E-state index in [-0.39, 0.29) is 6.42 Å². The van der Waals surface area contributed by atoms with Gasteiger partial charge in [-0.2, -0.15) is 0 Å². The Kier molecular flexibility index (Phi) is 35.1. The average Bonchev–Trinajstić information content (AvgIpc) is 3.21. The van der Waals surface area contributed by atoms with E-state index in [2.05, 4.69) is 19.2 Å². The molecule has 57 heavy (non-hydrogen) atoms. The number of unbranched alkanes of at least 4 members (excludes halogenated alkanes) is 28. The van der Waals surface area contributed by atoms with Gasteiger partial charge in [-0.3, -0.25) is 4.79 Å². The van der Waals surface area contributed by atoms with Gasteiger partial charge in [-0.1, -0.05) is 206 Å². The molecule has 0 aromatic carbocycles. The van der Waals surface area contributed by atoms with E-state index in [1.54, 1.807) is 0 Å². The Hall–Kier alpha value is -0.890. The van der Waals surface area contributed by atoms with Gasteiger partial charge < -0.3 is 50.5 Å². The lowest BCUT2D eigenvalue weighted by Gasteiger charge is -2.40. The SMILES string of the molecule is CCCCCCCCCCCCCCCCCCCCCCCC(O)C(O)C(COC1OC(CO)C(O)C(O)C1O)NC(=O)C(O)CCCCCCCCCCC. The van der Waals surface area contributed by atoms with Crippen molar-refractivity contribution in [3.63, 3.8) is 0 Å². The van der Waals surface area contributed by atoms with Crippen LogP contribution in [-0.2, 0) is 14.3 Å². The number of nitrogens with one attached hydrogen (secondary N) is 1. The number of aliphatic hydroxyl groups is 7. The van der Waals surface area contributed by atoms with Crippen LogP contribution in [-0.4, -0.2) is 110 Å². The minimum atomic E-state index is -1.65. The van der Waals surface area contributed by atoms with Gasteiger partial charge in [0.05, 0.1) is 25.4 Å². The number of amides is 1. The number of carbonyl (C=O) groups is 1. The summed E-state index contributed by atoms with van der Waals surface area (Å²) in [6.07, 6.45) is 26.0. The van der Waals surface area contributed by atoms with E-state index in [0.29, 0.717) is 19.3 Å². The predicted molar refractivity (Wildman–Crippen MR) is 229 cm³/mol. The first-order valence-corrected chi connectivity index (χ1v) is 23.9. The maximum atomic E-state index is 13.0. The first-order valence-electron chi connectivity index (χ1n) is 23.9. The quantitative estimate of drug-likeness (QED) is 0.0283. The number of ether oxygens (including phenoxy) is 2. The predicted octanol–water partition coefficient (Wildman–Crippen LogP) is 7.89. The Balaban J connectivity index is 2.36. The van der Waals surface area contributed by atoms with Gasteiger partial charge in [-0.15, -0.1) is 0 Å². The molecule has 0 aromatic heterocycles. The van der Waals surface area contributed by atoms with Crippen LogP contribution in [0.15, 0.2) is 0 Å². The standard InChI is InChI=1S/C46H91NO10/c1-3-5-7-9-11-13-14-15-16-17-18-19-20-21-22-23-24-26-27-29-31-33-38(49)41(51)37(36-56-46-44(54)43(53)42(52)40(35-48)57-46)47-45(55)39(50)34-32-30-28-25-12-10-8-6-4-2/h37-44,46,48-54H,3-36H2,1-2H3,(H,47,55). The van der Waals surface area contributed by atoms with Crippen LogP contribution in [0.2, 0.25) is 0 Å². The molecule has 0 aliphatic carbocycles. The highest BCUT2D eigenvalue weighted by atomic mass is 16.7. The van der Waals surface area contributed by atoms with Crippen LogP contribution >= 0.6 is 0 Å². The fraction of sp³-hybridized carbons (Fsp3) is 0.978. The second kappa shape index (κ2) is 36.9. The Morgan fingerprint density at radius 1 is 0.544 bits per heavy atom. The molecule has 1 heterocycles. The van der Waals surface area contributed by atoms with Gasteiger partial charge in [-0.25, -0.2) is 0 Å². The molecule has 1 saturated heterocycles. The Labute approximate surface area is 348 Å². The van der Waals surface area contributed by atoms with Gasteiger partial charge in [0.2, 0.25) is 5.91 Å². The van der Waals surface area contributed by atoms with Gasteiger partial charge in [0.25, 0.3) is 0 Å². The van der Waals surface area contributed by atoms with E-state index < -0.39 is 74.2 Å². The van der Waals surface area contributed by atoms with Crippen molar-refractivity contribution in [3.05, 3.63) is 0 Å². The summed E-state index contributed by atoms with van der Waals surface area (Å²) in [5.41, 5.74) is 0. The summed E-state index contributed by atoms with van der Waals surface area (Å²) in [6, 6.07) is -1.16. The smallest absolute Gasteiger partial charge is 0.249 e. The average molecular weight is 818 g/mol. The number of carbonyl (C=O) groups excluding carboxylic acids is 1. The molecule has 9 unspecified atom stereocenters. The van der Waals surface area contributed by atoms with E-state index in [4.69, 9.17) is 9.47 Å². The molecule has 0 saturated carbocycles. The lowest BCUT2D eigenvalue weighted by molar-refractivity contribution is -0.303. The van der Waals surface area contributed by atoms with Crippen LogP contribution in [0.3, 0.4) is 0 Å². The van der Waals surface area contributed by atoms with Crippen LogP contribution in [0.4, 0.5) is 0 Å². The summed E-state index contributed by atoms with van der Waals surface area (Å²) in [5, 5.41) is 75.5. The fourth-order valence-electron chi connectivity index (χ4n) is 7.91. The third-order valence-electron chi connectivity index (χ3n) is 11.9. The normalized spacial score (nSPS) is 22.0. The highest BCUT2D eigenvalue weighted by molar-refractivity contribution is 5.80. The van der Waals surface area contributed by atoms with Gasteiger partial charge in [-0.05, 0) is 12.8 Å². The summed E-state index contributed by atoms with van der Waals surface area (Å²) >= 11 is 0. The summed E-state index contributed by atoms with van der Waals surface area (Å²) in [4.78, 5) is 13.0. The molecule has 11 heteroatoms. The van der Waals surface area contributed by atoms with Crippen molar-refractivity contribution in [2.75, 3.05) is 13.2 Å². The molecule has 1 aliphatic heterocycles. The molecule has 0 bridgehead atoms. The fourth-order valence-corrected chi connectivity index (χ4v) is 7.91. The third-order valence-corrected chi connectivity index (χ3v) is 11.9. The number of rotatable bonds is 40. The Morgan fingerprint density at radius 3 is 1.30 bits per heavy atom. The molecule has 0 spiro atoms. The lowest BCUT2D eigenvalue weighted by atomic mass is 9.98. The van der Waals surface area contributed by atoms with E-state index in [1.807, 2.05) is 0 Å². The molecule has 1 rings (SSSR count). The van der Waals surface area contributed by atoms with Crippen LogP contribution < -0.4 is 5.32 Å². The molecule has 1 amide bonds. The number of hydrogen-bond acceptors (Lipinski definition) is 10. The molecule has 11 nitrogen and oxygen atoms in total. The van der Waals surface area contributed by atoms with Crippen molar-refractivity contribution < 1.29 is 50.0 Å². The third kappa shape index (κ3) is 26.8. The Morgan fingerprint density at radius 2 is 0.912 bits per heavy atom. The van der Waals surface area contributed by atoms with Crippen LogP contribution in [0.1, 0.15) is 219 Å². The molecule has 0 radical (unpaired) electrons. The maximum Gasteiger partial charge on any atom is 0.249 e. The minimum Gasteiger partial charge on any atom is -0.394 e. The van der Waals surface area contributed by atoms with Crippen LogP contribution in [0.25, 0.3) is 0 Å². The summed E-state index contributed by atoms with van der Waals surface area (Å²) in [7, 11) is 0. The molecular weight excluding hydrogens is 727 g/mol. The Bertz CT molecular complexity index is 897. The highest BCUT2D eigenvalue weighted by Gasteiger charge is 2.44. The molecule has 0 aromatic rings. The van der Waals surface area contributed by atoms with Crippen molar-refractivity contribution >= 4 is 5.91 Å². The van der Waals surface area contributed by atoms with Gasteiger partial charge in [0.1, 0.15) is 36.6 Å². The molecule has 9 atom stereocenters. The maximum absolute atomic E-state index is 13.0. The zero-order chi connectivity index (χ0) is 41.9. The molecular formula is C46H91NO10. The van der Waals surface area contributed by atoms with Gasteiger partial charge in [0.15, 0.2) is 6.29 Å². The van der Waals surface area contributed by atoms with Crippen molar-refractivity contribution in [1.29, 1.82) is 0 Å². The first-order chi connectivity index (χ1) is 27.7. The van der Waals surface area contributed by atoms with Crippen molar-refractivity contribution in [3.8, 4) is 0 Å². The zero-order valence-electron chi connectivity index (χ0n) is 36.6. The van der Waals surface area contributed by atoms with Crippen molar-refractivity contribution in [1.82, 2.24) is 5.32 Å². The van der Waals surface area contributed by atoms with Gasteiger partial charge in [0, 0.05) is 0 Å². The monoisotopic (exact) mass is 818 g/mol. The highest BCUT2D eigenvalue weighted by Crippen LogP contribution is 2.23. The topological polar surface area (TPSA) is 189 Å². The van der Waals surface area contributed by atoms with E-state index in [1.165, 1.54) is 141 Å². The summed E-state index contributed by atoms with van der Waals surface area (Å²) < 4.78 is 11.1. The number of hydrogen-bond donors (Lipinski definition) is 8.